The van der Waals surface area contributed by atoms with Crippen LogP contribution in [0.15, 0.2) is 27.9 Å². The summed E-state index contributed by atoms with van der Waals surface area (Å²) in [6.07, 6.45) is 4.36. The molecular formula is C19H17BrN6O2. The molecule has 1 aromatic carbocycles. The highest BCUT2D eigenvalue weighted by Crippen LogP contribution is 2.37. The molecule has 8 nitrogen and oxygen atoms in total. The fraction of sp³-hybridized carbons (Fsp3) is 0.263. The van der Waals surface area contributed by atoms with Gasteiger partial charge in [0.05, 0.1) is 29.2 Å². The molecule has 0 atom stereocenters. The standard InChI is InChI=1S/C19H17BrN6O2/c1-28-13-6-11-8-21-7-10(11)5-12(13)24-17-14-15(20)16(19(27)26-3-2-4-26)25-18(14)23-9-22-17/h5-7,9H,2-4,8H2,1H3,(H2,22,23,24,25). The van der Waals surface area contributed by atoms with Crippen LogP contribution in [-0.4, -0.2) is 52.2 Å². The summed E-state index contributed by atoms with van der Waals surface area (Å²) >= 11 is 3.57. The molecule has 0 bridgehead atoms. The van der Waals surface area contributed by atoms with Gasteiger partial charge >= 0.3 is 0 Å². The summed E-state index contributed by atoms with van der Waals surface area (Å²) in [4.78, 5) is 30.6. The number of nitrogens with one attached hydrogen (secondary N) is 2. The molecule has 5 rings (SSSR count). The molecule has 3 aromatic rings. The Hall–Kier alpha value is -2.94. The number of hydrogen-bond donors (Lipinski definition) is 2. The molecule has 2 aromatic heterocycles. The van der Waals surface area contributed by atoms with E-state index < -0.39 is 0 Å². The van der Waals surface area contributed by atoms with Crippen LogP contribution in [0, 0.1) is 0 Å². The number of halogens is 1. The van der Waals surface area contributed by atoms with Crippen molar-refractivity contribution in [2.24, 2.45) is 4.99 Å². The molecule has 2 aliphatic heterocycles. The van der Waals surface area contributed by atoms with Gasteiger partial charge in [0.1, 0.15) is 29.2 Å². The molecule has 4 heterocycles. The lowest BCUT2D eigenvalue weighted by molar-refractivity contribution is 0.0645. The number of carbonyl (C=O) groups excluding carboxylic acids is 1. The molecule has 1 fully saturated rings. The van der Waals surface area contributed by atoms with Crippen LogP contribution in [0.3, 0.4) is 0 Å². The number of aliphatic imine (C=N–C) groups is 1. The largest absolute Gasteiger partial charge is 0.495 e. The maximum Gasteiger partial charge on any atom is 0.271 e. The van der Waals surface area contributed by atoms with Gasteiger partial charge in [-0.1, -0.05) is 0 Å². The van der Waals surface area contributed by atoms with Crippen molar-refractivity contribution in [1.82, 2.24) is 19.9 Å². The molecule has 9 heteroatoms. The lowest BCUT2D eigenvalue weighted by Crippen LogP contribution is -2.42. The highest BCUT2D eigenvalue weighted by Gasteiger charge is 2.27. The van der Waals surface area contributed by atoms with Gasteiger partial charge in [0.2, 0.25) is 0 Å². The molecule has 2 N–H and O–H groups in total. The predicted octanol–water partition coefficient (Wildman–Crippen LogP) is 3.25. The number of aromatic amines is 1. The maximum absolute atomic E-state index is 12.7. The summed E-state index contributed by atoms with van der Waals surface area (Å²) in [5.74, 6) is 1.26. The van der Waals surface area contributed by atoms with Crippen molar-refractivity contribution in [3.05, 3.63) is 39.8 Å². The number of ether oxygens (including phenoxy) is 1. The Kier molecular flexibility index (Phi) is 4.04. The smallest absolute Gasteiger partial charge is 0.271 e. The summed E-state index contributed by atoms with van der Waals surface area (Å²) in [5.41, 5.74) is 4.04. The van der Waals surface area contributed by atoms with Crippen LogP contribution < -0.4 is 10.1 Å². The van der Waals surface area contributed by atoms with Gasteiger partial charge in [-0.2, -0.15) is 0 Å². The maximum atomic E-state index is 12.7. The minimum absolute atomic E-state index is 0.0339. The molecule has 1 amide bonds. The molecule has 0 unspecified atom stereocenters. The summed E-state index contributed by atoms with van der Waals surface area (Å²) in [6.45, 7) is 2.23. The molecule has 0 aliphatic carbocycles. The molecular weight excluding hydrogens is 424 g/mol. The van der Waals surface area contributed by atoms with Crippen molar-refractivity contribution in [2.45, 2.75) is 13.0 Å². The molecule has 0 saturated carbocycles. The van der Waals surface area contributed by atoms with E-state index in [0.29, 0.717) is 33.9 Å². The zero-order valence-corrected chi connectivity index (χ0v) is 16.7. The summed E-state index contributed by atoms with van der Waals surface area (Å²) in [5, 5.41) is 4.06. The van der Waals surface area contributed by atoms with Crippen molar-refractivity contribution in [2.75, 3.05) is 25.5 Å². The third kappa shape index (κ3) is 2.65. The number of benzene rings is 1. The van der Waals surface area contributed by atoms with Crippen LogP contribution in [0.4, 0.5) is 11.5 Å². The van der Waals surface area contributed by atoms with Gasteiger partial charge < -0.3 is 19.9 Å². The van der Waals surface area contributed by atoms with Crippen molar-refractivity contribution in [3.8, 4) is 5.75 Å². The number of nitrogens with zero attached hydrogens (tertiary/aromatic N) is 4. The van der Waals surface area contributed by atoms with Crippen LogP contribution >= 0.6 is 15.9 Å². The first kappa shape index (κ1) is 17.2. The van der Waals surface area contributed by atoms with Crippen molar-refractivity contribution in [3.63, 3.8) is 0 Å². The second-order valence-electron chi connectivity index (χ2n) is 6.75. The number of hydrogen-bond acceptors (Lipinski definition) is 6. The van der Waals surface area contributed by atoms with E-state index in [9.17, 15) is 4.79 Å². The van der Waals surface area contributed by atoms with E-state index in [4.69, 9.17) is 4.74 Å². The molecule has 142 valence electrons. The molecule has 0 spiro atoms. The number of amides is 1. The van der Waals surface area contributed by atoms with Gasteiger partial charge in [-0.25, -0.2) is 9.97 Å². The monoisotopic (exact) mass is 440 g/mol. The second kappa shape index (κ2) is 6.59. The van der Waals surface area contributed by atoms with Gasteiger partial charge in [-0.15, -0.1) is 0 Å². The van der Waals surface area contributed by atoms with E-state index in [1.807, 2.05) is 18.3 Å². The first-order chi connectivity index (χ1) is 13.7. The average Bonchev–Trinajstić information content (AvgIpc) is 3.24. The van der Waals surface area contributed by atoms with Crippen molar-refractivity contribution in [1.29, 1.82) is 0 Å². The van der Waals surface area contributed by atoms with Gasteiger partial charge in [0, 0.05) is 19.3 Å². The average molecular weight is 441 g/mol. The number of fused-ring (bicyclic) bond motifs is 2. The fourth-order valence-electron chi connectivity index (χ4n) is 3.44. The number of anilines is 2. The van der Waals surface area contributed by atoms with E-state index in [2.05, 4.69) is 41.2 Å². The van der Waals surface area contributed by atoms with Crippen LogP contribution in [0.5, 0.6) is 5.75 Å². The van der Waals surface area contributed by atoms with E-state index in [0.717, 1.165) is 41.7 Å². The predicted molar refractivity (Wildman–Crippen MR) is 110 cm³/mol. The fourth-order valence-corrected chi connectivity index (χ4v) is 4.08. The number of carbonyl (C=O) groups is 1. The molecule has 2 aliphatic rings. The first-order valence-electron chi connectivity index (χ1n) is 8.95. The lowest BCUT2D eigenvalue weighted by atomic mass is 10.1. The third-order valence-corrected chi connectivity index (χ3v) is 5.89. The zero-order chi connectivity index (χ0) is 19.3. The van der Waals surface area contributed by atoms with E-state index in [1.54, 1.807) is 12.0 Å². The normalized spacial score (nSPS) is 14.9. The topological polar surface area (TPSA) is 95.5 Å². The number of aromatic nitrogens is 3. The number of rotatable bonds is 4. The SMILES string of the molecule is COc1cc2c(cc1Nc1ncnc3[nH]c(C(=O)N4CCC4)c(Br)c13)C=NC2. The minimum Gasteiger partial charge on any atom is -0.495 e. The van der Waals surface area contributed by atoms with Gasteiger partial charge in [0.25, 0.3) is 5.91 Å². The Balaban J connectivity index is 1.57. The summed E-state index contributed by atoms with van der Waals surface area (Å²) in [7, 11) is 1.63. The van der Waals surface area contributed by atoms with Gasteiger partial charge in [-0.05, 0) is 45.6 Å². The van der Waals surface area contributed by atoms with E-state index in [-0.39, 0.29) is 5.91 Å². The summed E-state index contributed by atoms with van der Waals surface area (Å²) in [6, 6.07) is 3.97. The Bertz CT molecular complexity index is 1140. The molecule has 1 saturated heterocycles. The number of likely N-dealkylation sites (tertiary alicyclic amines) is 1. The minimum atomic E-state index is -0.0339. The zero-order valence-electron chi connectivity index (χ0n) is 15.1. The second-order valence-corrected chi connectivity index (χ2v) is 7.54. The van der Waals surface area contributed by atoms with Gasteiger partial charge in [0.15, 0.2) is 0 Å². The Morgan fingerprint density at radius 1 is 1.32 bits per heavy atom. The quantitative estimate of drug-likeness (QED) is 0.648. The Morgan fingerprint density at radius 3 is 2.93 bits per heavy atom. The Labute approximate surface area is 169 Å². The number of H-pyrrole nitrogens is 1. The van der Waals surface area contributed by atoms with Crippen LogP contribution in [0.2, 0.25) is 0 Å². The van der Waals surface area contributed by atoms with Crippen LogP contribution in [-0.2, 0) is 6.54 Å². The van der Waals surface area contributed by atoms with Crippen molar-refractivity contribution >= 4 is 50.6 Å². The van der Waals surface area contributed by atoms with E-state index >= 15 is 0 Å². The highest BCUT2D eigenvalue weighted by atomic mass is 79.9. The van der Waals surface area contributed by atoms with E-state index in [1.165, 1.54) is 6.33 Å². The third-order valence-electron chi connectivity index (χ3n) is 5.09. The highest BCUT2D eigenvalue weighted by molar-refractivity contribution is 9.10. The van der Waals surface area contributed by atoms with Crippen LogP contribution in [0.25, 0.3) is 11.0 Å². The lowest BCUT2D eigenvalue weighted by Gasteiger charge is -2.30. The van der Waals surface area contributed by atoms with Crippen molar-refractivity contribution < 1.29 is 9.53 Å². The summed E-state index contributed by atoms with van der Waals surface area (Å²) < 4.78 is 6.20. The first-order valence-corrected chi connectivity index (χ1v) is 9.74. The molecule has 28 heavy (non-hydrogen) atoms. The molecule has 0 radical (unpaired) electrons. The Morgan fingerprint density at radius 2 is 2.18 bits per heavy atom. The van der Waals surface area contributed by atoms with Gasteiger partial charge in [-0.3, -0.25) is 9.79 Å². The van der Waals surface area contributed by atoms with Crippen LogP contribution in [0.1, 0.15) is 28.0 Å². The number of methoxy groups -OCH3 is 1.